The fourth-order valence-corrected chi connectivity index (χ4v) is 3.01. The van der Waals surface area contributed by atoms with Crippen LogP contribution in [-0.2, 0) is 7.05 Å². The fourth-order valence-electron chi connectivity index (χ4n) is 3.01. The molecule has 0 saturated carbocycles. The number of anilines is 1. The third-order valence-corrected chi connectivity index (χ3v) is 4.39. The fraction of sp³-hybridized carbons (Fsp3) is 0.100. The van der Waals surface area contributed by atoms with Crippen molar-refractivity contribution in [2.75, 3.05) is 5.32 Å². The number of hydrogen-bond donors (Lipinski definition) is 1. The minimum Gasteiger partial charge on any atom is -0.322 e. The first-order valence-electron chi connectivity index (χ1n) is 8.15. The summed E-state index contributed by atoms with van der Waals surface area (Å²) in [6.07, 6.45) is 3.14. The summed E-state index contributed by atoms with van der Waals surface area (Å²) < 4.78 is 1.42. The molecule has 0 radical (unpaired) electrons. The normalized spacial score (nSPS) is 11.0. The van der Waals surface area contributed by atoms with E-state index in [0.29, 0.717) is 27.7 Å². The van der Waals surface area contributed by atoms with Gasteiger partial charge in [-0.1, -0.05) is 18.2 Å². The van der Waals surface area contributed by atoms with Crippen LogP contribution in [0.2, 0.25) is 0 Å². The average Bonchev–Trinajstić information content (AvgIpc) is 2.64. The number of rotatable bonds is 2. The third-order valence-electron chi connectivity index (χ3n) is 4.39. The van der Waals surface area contributed by atoms with Gasteiger partial charge in [-0.15, -0.1) is 0 Å². The number of nitrogens with zero attached hydrogens (tertiary/aromatic N) is 3. The first kappa shape index (κ1) is 16.0. The number of fused-ring (bicyclic) bond motifs is 2. The summed E-state index contributed by atoms with van der Waals surface area (Å²) in [5, 5.41) is 4.31. The average molecular weight is 344 g/mol. The van der Waals surface area contributed by atoms with Crippen LogP contribution in [0.1, 0.15) is 15.9 Å². The predicted octanol–water partition coefficient (Wildman–Crippen LogP) is 3.04. The van der Waals surface area contributed by atoms with E-state index in [1.54, 1.807) is 31.4 Å². The van der Waals surface area contributed by atoms with E-state index < -0.39 is 0 Å². The molecule has 0 fully saturated rings. The zero-order valence-electron chi connectivity index (χ0n) is 14.4. The molecule has 4 rings (SSSR count). The molecule has 0 aliphatic carbocycles. The third kappa shape index (κ3) is 2.61. The number of carbonyl (C=O) groups is 1. The second-order valence-corrected chi connectivity index (χ2v) is 6.18. The van der Waals surface area contributed by atoms with Gasteiger partial charge < -0.3 is 9.88 Å². The Morgan fingerprint density at radius 3 is 2.81 bits per heavy atom. The number of aryl methyl sites for hydroxylation is 2. The van der Waals surface area contributed by atoms with Crippen molar-refractivity contribution in [2.45, 2.75) is 6.92 Å². The van der Waals surface area contributed by atoms with Gasteiger partial charge in [-0.3, -0.25) is 14.6 Å². The molecule has 0 aliphatic rings. The second-order valence-electron chi connectivity index (χ2n) is 6.18. The van der Waals surface area contributed by atoms with Crippen LogP contribution in [0, 0.1) is 6.92 Å². The van der Waals surface area contributed by atoms with Gasteiger partial charge in [0.1, 0.15) is 0 Å². The van der Waals surface area contributed by atoms with Crippen molar-refractivity contribution in [3.05, 3.63) is 76.5 Å². The van der Waals surface area contributed by atoms with Crippen molar-refractivity contribution >= 4 is 33.4 Å². The molecule has 0 saturated heterocycles. The highest BCUT2D eigenvalue weighted by Crippen LogP contribution is 2.22. The number of pyridine rings is 1. The number of benzene rings is 2. The van der Waals surface area contributed by atoms with E-state index >= 15 is 0 Å². The molecule has 4 aromatic rings. The van der Waals surface area contributed by atoms with Crippen LogP contribution in [0.4, 0.5) is 5.69 Å². The van der Waals surface area contributed by atoms with Crippen LogP contribution in [0.15, 0.2) is 59.8 Å². The van der Waals surface area contributed by atoms with E-state index in [0.717, 1.165) is 10.9 Å². The van der Waals surface area contributed by atoms with Gasteiger partial charge >= 0.3 is 0 Å². The standard InChI is InChI=1S/C20H16N4O2/c1-12-5-6-13-4-3-9-21-18(13)17(12)19(25)23-14-7-8-15-16(10-14)22-11-24(2)20(15)26/h3-11H,1-2H3,(H,23,25). The van der Waals surface area contributed by atoms with Gasteiger partial charge in [0.2, 0.25) is 0 Å². The molecule has 128 valence electrons. The maximum atomic E-state index is 12.9. The molecular formula is C20H16N4O2. The van der Waals surface area contributed by atoms with Gasteiger partial charge in [-0.05, 0) is 36.8 Å². The van der Waals surface area contributed by atoms with Crippen LogP contribution in [0.5, 0.6) is 0 Å². The van der Waals surface area contributed by atoms with E-state index in [1.807, 2.05) is 31.2 Å². The molecule has 1 N–H and O–H groups in total. The van der Waals surface area contributed by atoms with Crippen LogP contribution >= 0.6 is 0 Å². The molecule has 2 aromatic carbocycles. The van der Waals surface area contributed by atoms with Crippen molar-refractivity contribution in [1.82, 2.24) is 14.5 Å². The summed E-state index contributed by atoms with van der Waals surface area (Å²) >= 11 is 0. The lowest BCUT2D eigenvalue weighted by atomic mass is 10.0. The minimum absolute atomic E-state index is 0.123. The highest BCUT2D eigenvalue weighted by Gasteiger charge is 2.15. The maximum Gasteiger partial charge on any atom is 0.260 e. The van der Waals surface area contributed by atoms with E-state index in [1.165, 1.54) is 10.9 Å². The van der Waals surface area contributed by atoms with Gasteiger partial charge in [0, 0.05) is 24.3 Å². The number of hydrogen-bond acceptors (Lipinski definition) is 4. The Labute approximate surface area is 149 Å². The monoisotopic (exact) mass is 344 g/mol. The predicted molar refractivity (Wildman–Crippen MR) is 101 cm³/mol. The molecule has 1 amide bonds. The van der Waals surface area contributed by atoms with Crippen LogP contribution < -0.4 is 10.9 Å². The minimum atomic E-state index is -0.241. The first-order chi connectivity index (χ1) is 12.5. The second kappa shape index (κ2) is 6.07. The first-order valence-corrected chi connectivity index (χ1v) is 8.15. The summed E-state index contributed by atoms with van der Waals surface area (Å²) in [6, 6.07) is 12.7. The molecule has 0 bridgehead atoms. The molecule has 0 spiro atoms. The molecule has 0 aliphatic heterocycles. The van der Waals surface area contributed by atoms with E-state index in [-0.39, 0.29) is 11.5 Å². The number of carbonyl (C=O) groups excluding carboxylic acids is 1. The van der Waals surface area contributed by atoms with Gasteiger partial charge in [-0.25, -0.2) is 4.98 Å². The van der Waals surface area contributed by atoms with E-state index in [2.05, 4.69) is 15.3 Å². The summed E-state index contributed by atoms with van der Waals surface area (Å²) in [6.45, 7) is 1.88. The maximum absolute atomic E-state index is 12.9. The lowest BCUT2D eigenvalue weighted by Crippen LogP contribution is -2.17. The topological polar surface area (TPSA) is 76.9 Å². The zero-order valence-corrected chi connectivity index (χ0v) is 14.4. The molecule has 6 nitrogen and oxygen atoms in total. The van der Waals surface area contributed by atoms with Crippen molar-refractivity contribution in [3.8, 4) is 0 Å². The van der Waals surface area contributed by atoms with Crippen LogP contribution in [0.25, 0.3) is 21.8 Å². The largest absolute Gasteiger partial charge is 0.322 e. The zero-order chi connectivity index (χ0) is 18.3. The van der Waals surface area contributed by atoms with Gasteiger partial charge in [0.15, 0.2) is 0 Å². The van der Waals surface area contributed by atoms with E-state index in [4.69, 9.17) is 0 Å². The number of amides is 1. The van der Waals surface area contributed by atoms with Crippen LogP contribution in [0.3, 0.4) is 0 Å². The Morgan fingerprint density at radius 2 is 1.96 bits per heavy atom. The Bertz CT molecular complexity index is 1230. The lowest BCUT2D eigenvalue weighted by Gasteiger charge is -2.11. The highest BCUT2D eigenvalue weighted by molar-refractivity contribution is 6.13. The molecule has 26 heavy (non-hydrogen) atoms. The summed E-state index contributed by atoms with van der Waals surface area (Å²) in [7, 11) is 1.65. The summed E-state index contributed by atoms with van der Waals surface area (Å²) in [5.74, 6) is -0.241. The molecule has 2 aromatic heterocycles. The van der Waals surface area contributed by atoms with Crippen molar-refractivity contribution in [2.24, 2.45) is 7.05 Å². The summed E-state index contributed by atoms with van der Waals surface area (Å²) in [5.41, 5.74) is 3.05. The van der Waals surface area contributed by atoms with Crippen molar-refractivity contribution in [3.63, 3.8) is 0 Å². The lowest BCUT2D eigenvalue weighted by molar-refractivity contribution is 0.102. The van der Waals surface area contributed by atoms with Gasteiger partial charge in [0.25, 0.3) is 11.5 Å². The Balaban J connectivity index is 1.75. The molecular weight excluding hydrogens is 328 g/mol. The molecule has 2 heterocycles. The SMILES string of the molecule is Cc1ccc2cccnc2c1C(=O)Nc1ccc2c(=O)n(C)cnc2c1. The highest BCUT2D eigenvalue weighted by atomic mass is 16.1. The quantitative estimate of drug-likeness (QED) is 0.606. The van der Waals surface area contributed by atoms with E-state index in [9.17, 15) is 9.59 Å². The Hall–Kier alpha value is -3.54. The van der Waals surface area contributed by atoms with Crippen molar-refractivity contribution in [1.29, 1.82) is 0 Å². The smallest absolute Gasteiger partial charge is 0.260 e. The van der Waals surface area contributed by atoms with Gasteiger partial charge in [-0.2, -0.15) is 0 Å². The molecule has 0 unspecified atom stereocenters. The van der Waals surface area contributed by atoms with Gasteiger partial charge in [0.05, 0.1) is 28.3 Å². The molecule has 0 atom stereocenters. The van der Waals surface area contributed by atoms with Crippen LogP contribution in [-0.4, -0.2) is 20.4 Å². The Kier molecular flexibility index (Phi) is 3.73. The summed E-state index contributed by atoms with van der Waals surface area (Å²) in [4.78, 5) is 33.6. The number of aromatic nitrogens is 3. The Morgan fingerprint density at radius 1 is 1.12 bits per heavy atom. The molecule has 6 heteroatoms. The van der Waals surface area contributed by atoms with Crippen molar-refractivity contribution < 1.29 is 4.79 Å². The number of nitrogens with one attached hydrogen (secondary N) is 1.